The van der Waals surface area contributed by atoms with Crippen molar-refractivity contribution in [2.75, 3.05) is 40.9 Å². The van der Waals surface area contributed by atoms with Crippen molar-refractivity contribution < 1.29 is 37.3 Å². The molecule has 0 aromatic heterocycles. The average Bonchev–Trinajstić information content (AvgIpc) is 3.70. The molecule has 9 nitrogen and oxygen atoms in total. The maximum atomic E-state index is 13.6. The minimum absolute atomic E-state index is 0.0225. The molecule has 0 aliphatic heterocycles. The number of ether oxygens (including phenoxy) is 1. The highest BCUT2D eigenvalue weighted by molar-refractivity contribution is 7.45. The summed E-state index contributed by atoms with van der Waals surface area (Å²) in [5.74, 6) is -0.531. The number of allylic oxidation sites excluding steroid dienone is 11. The largest absolute Gasteiger partial charge is 0.756 e. The van der Waals surface area contributed by atoms with E-state index in [4.69, 9.17) is 13.8 Å². The number of unbranched alkanes of at least 4 members (excludes halogenated alkanes) is 42. The molecule has 0 aromatic carbocycles. The molecule has 0 saturated heterocycles. The van der Waals surface area contributed by atoms with Gasteiger partial charge in [-0.3, -0.25) is 14.2 Å². The van der Waals surface area contributed by atoms with Gasteiger partial charge in [0.1, 0.15) is 19.3 Å². The molecule has 1 amide bonds. The molecule has 0 fully saturated rings. The zero-order valence-electron chi connectivity index (χ0n) is 58.2. The van der Waals surface area contributed by atoms with E-state index in [9.17, 15) is 19.0 Å². The van der Waals surface area contributed by atoms with Crippen molar-refractivity contribution in [1.29, 1.82) is 0 Å². The van der Waals surface area contributed by atoms with E-state index in [0.717, 1.165) is 89.9 Å². The summed E-state index contributed by atoms with van der Waals surface area (Å²) in [6.07, 6.45) is 87.5. The fraction of sp³-hybridized carbons (Fsp3) is 0.818. The van der Waals surface area contributed by atoms with Gasteiger partial charge in [-0.1, -0.05) is 338 Å². The maximum Gasteiger partial charge on any atom is 0.306 e. The first kappa shape index (κ1) is 84.5. The van der Waals surface area contributed by atoms with Crippen molar-refractivity contribution in [2.45, 2.75) is 367 Å². The van der Waals surface area contributed by atoms with Crippen molar-refractivity contribution in [3.8, 4) is 0 Å². The fourth-order valence-electron chi connectivity index (χ4n) is 11.0. The van der Waals surface area contributed by atoms with Crippen molar-refractivity contribution in [2.24, 2.45) is 0 Å². The molecule has 0 aliphatic carbocycles. The van der Waals surface area contributed by atoms with E-state index < -0.39 is 20.0 Å². The number of esters is 1. The Morgan fingerprint density at radius 2 is 0.736 bits per heavy atom. The SMILES string of the molecule is CC/C=C\C/C=C\C/C=C\C/C=C\C/C=C\CCCCCCCCCCCCCC(=O)OC(/C=C/CCCCCCCCCCC)C(COP(=O)([O-])OCC[N+](C)(C)C)NC(=O)CCCCCCCCCCCCCCCCCCCCCCCCC. The second-order valence-electron chi connectivity index (χ2n) is 26.4. The van der Waals surface area contributed by atoms with Crippen LogP contribution >= 0.6 is 7.82 Å². The molecule has 1 N–H and O–H groups in total. The maximum absolute atomic E-state index is 13.6. The van der Waals surface area contributed by atoms with E-state index >= 15 is 0 Å². The Bertz CT molecular complexity index is 1720. The molecule has 0 aromatic rings. The summed E-state index contributed by atoms with van der Waals surface area (Å²) in [7, 11) is 1.19. The Morgan fingerprint density at radius 3 is 1.10 bits per heavy atom. The minimum atomic E-state index is -4.71. The molecule has 0 heterocycles. The molecule has 10 heteroatoms. The number of carbonyl (C=O) groups is 2. The van der Waals surface area contributed by atoms with E-state index in [2.05, 4.69) is 86.8 Å². The van der Waals surface area contributed by atoms with Crippen LogP contribution in [-0.4, -0.2) is 69.4 Å². The lowest BCUT2D eigenvalue weighted by molar-refractivity contribution is -0.870. The first-order valence-electron chi connectivity index (χ1n) is 37.2. The van der Waals surface area contributed by atoms with Crippen LogP contribution in [0.25, 0.3) is 0 Å². The minimum Gasteiger partial charge on any atom is -0.756 e. The number of phosphoric ester groups is 1. The van der Waals surface area contributed by atoms with E-state index in [0.29, 0.717) is 17.4 Å². The fourth-order valence-corrected chi connectivity index (χ4v) is 11.7. The van der Waals surface area contributed by atoms with E-state index in [1.165, 1.54) is 231 Å². The standard InChI is InChI=1S/C77H143N2O7P/c1-7-10-13-16-19-22-25-27-29-31-33-35-37-38-39-40-42-44-46-48-50-52-55-58-61-64-67-70-77(81)86-75(68-65-62-59-56-53-24-21-18-15-12-9-3)74(73-85-87(82,83)84-72-71-79(4,5)6)78-76(80)69-66-63-60-57-54-51-49-47-45-43-41-36-34-32-30-28-26-23-20-17-14-11-8-2/h10,13,19,22,27,29,33,35,38-39,65,68,74-75H,7-9,11-12,14-18,20-21,23-26,28,30-32,34,36-37,40-64,66-67,69-73H2,1-6H3,(H-,78,80,82,83)/b13-10-,22-19-,29-27-,35-33-,39-38-,68-65+. The number of carbonyl (C=O) groups excluding carboxylic acids is 2. The highest BCUT2D eigenvalue weighted by atomic mass is 31.2. The van der Waals surface area contributed by atoms with Gasteiger partial charge in [0.15, 0.2) is 0 Å². The molecule has 0 bridgehead atoms. The van der Waals surface area contributed by atoms with E-state index in [-0.39, 0.29) is 31.5 Å². The first-order chi connectivity index (χ1) is 42.4. The summed E-state index contributed by atoms with van der Waals surface area (Å²) in [5.41, 5.74) is 0. The molecule has 508 valence electrons. The van der Waals surface area contributed by atoms with Gasteiger partial charge in [0, 0.05) is 12.8 Å². The number of hydrogen-bond donors (Lipinski definition) is 1. The third-order valence-electron chi connectivity index (χ3n) is 16.7. The van der Waals surface area contributed by atoms with Gasteiger partial charge in [-0.25, -0.2) is 0 Å². The van der Waals surface area contributed by atoms with Crippen LogP contribution < -0.4 is 10.2 Å². The number of hydrogen-bond acceptors (Lipinski definition) is 7. The summed E-state index contributed by atoms with van der Waals surface area (Å²) >= 11 is 0. The molecular weight excluding hydrogens is 1100 g/mol. The molecule has 3 atom stereocenters. The second kappa shape index (κ2) is 66.4. The first-order valence-corrected chi connectivity index (χ1v) is 38.7. The average molecular weight is 1240 g/mol. The van der Waals surface area contributed by atoms with Gasteiger partial charge in [-0.05, 0) is 76.7 Å². The van der Waals surface area contributed by atoms with Gasteiger partial charge in [0.2, 0.25) is 5.91 Å². The predicted octanol–water partition coefficient (Wildman–Crippen LogP) is 23.3. The van der Waals surface area contributed by atoms with Crippen LogP contribution in [-0.2, 0) is 27.9 Å². The number of quaternary nitrogens is 1. The number of phosphoric acid groups is 1. The van der Waals surface area contributed by atoms with Crippen LogP contribution in [0.5, 0.6) is 0 Å². The van der Waals surface area contributed by atoms with Gasteiger partial charge >= 0.3 is 5.97 Å². The molecule has 0 aliphatic rings. The molecule has 87 heavy (non-hydrogen) atoms. The van der Waals surface area contributed by atoms with Crippen molar-refractivity contribution in [3.63, 3.8) is 0 Å². The molecular formula is C77H143N2O7P. The van der Waals surface area contributed by atoms with Crippen LogP contribution in [0.1, 0.15) is 355 Å². The molecule has 0 spiro atoms. The van der Waals surface area contributed by atoms with Crippen molar-refractivity contribution >= 4 is 19.7 Å². The highest BCUT2D eigenvalue weighted by Crippen LogP contribution is 2.38. The smallest absolute Gasteiger partial charge is 0.306 e. The van der Waals surface area contributed by atoms with Crippen LogP contribution in [0.4, 0.5) is 0 Å². The summed E-state index contributed by atoms with van der Waals surface area (Å²) in [4.78, 5) is 40.2. The predicted molar refractivity (Wildman–Crippen MR) is 376 cm³/mol. The number of likely N-dealkylation sites (N-methyl/N-ethyl adjacent to an activating group) is 1. The van der Waals surface area contributed by atoms with Gasteiger partial charge in [-0.2, -0.15) is 0 Å². The Morgan fingerprint density at radius 1 is 0.414 bits per heavy atom. The lowest BCUT2D eigenvalue weighted by Gasteiger charge is -2.30. The van der Waals surface area contributed by atoms with E-state index in [1.807, 2.05) is 33.3 Å². The second-order valence-corrected chi connectivity index (χ2v) is 27.8. The lowest BCUT2D eigenvalue weighted by atomic mass is 10.0. The molecule has 3 unspecified atom stereocenters. The Balaban J connectivity index is 4.95. The topological polar surface area (TPSA) is 114 Å². The third-order valence-corrected chi connectivity index (χ3v) is 17.6. The summed E-state index contributed by atoms with van der Waals surface area (Å²) < 4.78 is 30.5. The van der Waals surface area contributed by atoms with Crippen LogP contribution in [0, 0.1) is 0 Å². The molecule has 0 radical (unpaired) electrons. The zero-order valence-corrected chi connectivity index (χ0v) is 59.1. The monoisotopic (exact) mass is 1240 g/mol. The van der Waals surface area contributed by atoms with Crippen LogP contribution in [0.15, 0.2) is 72.9 Å². The van der Waals surface area contributed by atoms with Gasteiger partial charge in [0.25, 0.3) is 7.82 Å². The summed E-state index contributed by atoms with van der Waals surface area (Å²) in [6, 6.07) is -0.890. The normalized spacial score (nSPS) is 13.9. The van der Waals surface area contributed by atoms with Crippen molar-refractivity contribution in [1.82, 2.24) is 5.32 Å². The van der Waals surface area contributed by atoms with Gasteiger partial charge < -0.3 is 28.5 Å². The molecule has 0 saturated carbocycles. The number of nitrogens with one attached hydrogen (secondary N) is 1. The lowest BCUT2D eigenvalue weighted by Crippen LogP contribution is -2.47. The van der Waals surface area contributed by atoms with Crippen molar-refractivity contribution in [3.05, 3.63) is 72.9 Å². The zero-order chi connectivity index (χ0) is 63.5. The third kappa shape index (κ3) is 67.7. The number of rotatable bonds is 68. The highest BCUT2D eigenvalue weighted by Gasteiger charge is 2.27. The number of nitrogens with zero attached hydrogens (tertiary/aromatic N) is 1. The quantitative estimate of drug-likeness (QED) is 0.0212. The molecule has 0 rings (SSSR count). The Kier molecular flexibility index (Phi) is 64.4. The Labute approximate surface area is 540 Å². The van der Waals surface area contributed by atoms with Crippen LogP contribution in [0.2, 0.25) is 0 Å². The Hall–Kier alpha value is -2.55. The van der Waals surface area contributed by atoms with Gasteiger partial charge in [-0.15, -0.1) is 0 Å². The van der Waals surface area contributed by atoms with Gasteiger partial charge in [0.05, 0.1) is 33.8 Å². The number of amides is 1. The van der Waals surface area contributed by atoms with E-state index in [1.54, 1.807) is 0 Å². The summed E-state index contributed by atoms with van der Waals surface area (Å²) in [5, 5.41) is 3.05. The van der Waals surface area contributed by atoms with Crippen LogP contribution in [0.3, 0.4) is 0 Å². The summed E-state index contributed by atoms with van der Waals surface area (Å²) in [6.45, 7) is 6.77.